The molecule has 1 fully saturated rings. The lowest BCUT2D eigenvalue weighted by Crippen LogP contribution is -2.35. The van der Waals surface area contributed by atoms with Crippen molar-refractivity contribution in [3.8, 4) is 0 Å². The number of hydrogen-bond acceptors (Lipinski definition) is 4. The van der Waals surface area contributed by atoms with Gasteiger partial charge in [-0.3, -0.25) is 9.59 Å². The van der Waals surface area contributed by atoms with Crippen LogP contribution in [0.5, 0.6) is 0 Å². The number of unbranched alkanes of at least 4 members (excludes halogenated alkanes) is 1. The second-order valence-corrected chi connectivity index (χ2v) is 4.83. The molecular weight excluding hydrogens is 232 g/mol. The molecular formula is C12H26N4O2. The van der Waals surface area contributed by atoms with Gasteiger partial charge in [0.25, 0.3) is 0 Å². The van der Waals surface area contributed by atoms with E-state index < -0.39 is 0 Å². The van der Waals surface area contributed by atoms with E-state index in [2.05, 4.69) is 0 Å². The maximum atomic E-state index is 10.2. The average Bonchev–Trinajstić information content (AvgIpc) is 2.24. The predicted octanol–water partition coefficient (Wildman–Crippen LogP) is -0.268. The van der Waals surface area contributed by atoms with Crippen LogP contribution in [0.4, 0.5) is 0 Å². The van der Waals surface area contributed by atoms with Crippen molar-refractivity contribution in [3.05, 3.63) is 0 Å². The van der Waals surface area contributed by atoms with Gasteiger partial charge >= 0.3 is 0 Å². The zero-order valence-corrected chi connectivity index (χ0v) is 10.9. The first-order chi connectivity index (χ1) is 8.41. The zero-order chi connectivity index (χ0) is 14.0. The first-order valence-corrected chi connectivity index (χ1v) is 6.49. The van der Waals surface area contributed by atoms with Crippen LogP contribution in [0.3, 0.4) is 0 Å². The molecule has 6 nitrogen and oxygen atoms in total. The molecule has 18 heavy (non-hydrogen) atoms. The van der Waals surface area contributed by atoms with Crippen molar-refractivity contribution in [3.63, 3.8) is 0 Å². The molecule has 1 aliphatic rings. The predicted molar refractivity (Wildman–Crippen MR) is 71.3 cm³/mol. The molecule has 1 saturated carbocycles. The van der Waals surface area contributed by atoms with E-state index in [1.807, 2.05) is 0 Å². The summed E-state index contributed by atoms with van der Waals surface area (Å²) in [6, 6.07) is 0.775. The van der Waals surface area contributed by atoms with Gasteiger partial charge in [0, 0.05) is 24.9 Å². The highest BCUT2D eigenvalue weighted by molar-refractivity contribution is 5.74. The SMILES string of the molecule is NC(=O)CCCCC(N)=O.NC1CCCC(N)C1. The highest BCUT2D eigenvalue weighted by Gasteiger charge is 2.14. The molecule has 1 aliphatic carbocycles. The van der Waals surface area contributed by atoms with Gasteiger partial charge in [-0.05, 0) is 32.1 Å². The molecule has 0 radical (unpaired) electrons. The summed E-state index contributed by atoms with van der Waals surface area (Å²) in [4.78, 5) is 20.3. The van der Waals surface area contributed by atoms with Gasteiger partial charge in [-0.2, -0.15) is 0 Å². The molecule has 0 bridgehead atoms. The Morgan fingerprint density at radius 1 is 0.889 bits per heavy atom. The van der Waals surface area contributed by atoms with Gasteiger partial charge in [0.2, 0.25) is 11.8 Å². The zero-order valence-electron chi connectivity index (χ0n) is 10.9. The van der Waals surface area contributed by atoms with Crippen molar-refractivity contribution in [2.24, 2.45) is 22.9 Å². The van der Waals surface area contributed by atoms with Gasteiger partial charge in [0.05, 0.1) is 0 Å². The molecule has 0 aromatic rings. The number of carbonyl (C=O) groups excluding carboxylic acids is 2. The van der Waals surface area contributed by atoms with Gasteiger partial charge in [-0.1, -0.05) is 6.42 Å². The number of hydrogen-bond donors (Lipinski definition) is 4. The lowest BCUT2D eigenvalue weighted by molar-refractivity contribution is -0.119. The van der Waals surface area contributed by atoms with Crippen LogP contribution in [0.2, 0.25) is 0 Å². The Morgan fingerprint density at radius 2 is 1.28 bits per heavy atom. The van der Waals surface area contributed by atoms with E-state index in [9.17, 15) is 9.59 Å². The molecule has 0 spiro atoms. The monoisotopic (exact) mass is 258 g/mol. The summed E-state index contributed by atoms with van der Waals surface area (Å²) in [6.07, 6.45) is 6.58. The minimum atomic E-state index is -0.329. The molecule has 0 aliphatic heterocycles. The molecule has 2 atom stereocenters. The van der Waals surface area contributed by atoms with Crippen LogP contribution >= 0.6 is 0 Å². The van der Waals surface area contributed by atoms with Crippen LogP contribution in [0.25, 0.3) is 0 Å². The largest absolute Gasteiger partial charge is 0.370 e. The molecule has 2 unspecified atom stereocenters. The van der Waals surface area contributed by atoms with Crippen molar-refractivity contribution in [2.45, 2.75) is 63.5 Å². The molecule has 106 valence electrons. The van der Waals surface area contributed by atoms with Crippen molar-refractivity contribution < 1.29 is 9.59 Å². The molecule has 0 aromatic carbocycles. The van der Waals surface area contributed by atoms with Crippen LogP contribution in [-0.4, -0.2) is 23.9 Å². The second-order valence-electron chi connectivity index (χ2n) is 4.83. The summed E-state index contributed by atoms with van der Waals surface area (Å²) in [5.74, 6) is -0.658. The lowest BCUT2D eigenvalue weighted by Gasteiger charge is -2.22. The van der Waals surface area contributed by atoms with Crippen LogP contribution in [0.1, 0.15) is 51.4 Å². The van der Waals surface area contributed by atoms with E-state index in [1.165, 1.54) is 19.3 Å². The van der Waals surface area contributed by atoms with Crippen LogP contribution in [0.15, 0.2) is 0 Å². The van der Waals surface area contributed by atoms with Gasteiger partial charge in [-0.25, -0.2) is 0 Å². The lowest BCUT2D eigenvalue weighted by atomic mass is 9.92. The normalized spacial score (nSPS) is 22.8. The number of carbonyl (C=O) groups is 2. The highest BCUT2D eigenvalue weighted by atomic mass is 16.1. The van der Waals surface area contributed by atoms with E-state index in [0.717, 1.165) is 6.42 Å². The fraction of sp³-hybridized carbons (Fsp3) is 0.833. The maximum Gasteiger partial charge on any atom is 0.217 e. The maximum absolute atomic E-state index is 10.2. The summed E-state index contributed by atoms with van der Waals surface area (Å²) in [7, 11) is 0. The molecule has 0 aromatic heterocycles. The summed E-state index contributed by atoms with van der Waals surface area (Å²) in [6.45, 7) is 0. The van der Waals surface area contributed by atoms with Gasteiger partial charge in [0.1, 0.15) is 0 Å². The molecule has 0 saturated heterocycles. The van der Waals surface area contributed by atoms with E-state index in [-0.39, 0.29) is 11.8 Å². The number of amides is 2. The summed E-state index contributed by atoms with van der Waals surface area (Å²) >= 11 is 0. The fourth-order valence-corrected chi connectivity index (χ4v) is 1.87. The number of rotatable bonds is 5. The topological polar surface area (TPSA) is 138 Å². The van der Waals surface area contributed by atoms with Crippen LogP contribution < -0.4 is 22.9 Å². The molecule has 0 heterocycles. The van der Waals surface area contributed by atoms with Crippen molar-refractivity contribution in [1.29, 1.82) is 0 Å². The molecule has 1 rings (SSSR count). The van der Waals surface area contributed by atoms with Crippen molar-refractivity contribution in [2.75, 3.05) is 0 Å². The molecule has 2 amide bonds. The summed E-state index contributed by atoms with van der Waals surface area (Å²) in [5, 5.41) is 0. The fourth-order valence-electron chi connectivity index (χ4n) is 1.87. The van der Waals surface area contributed by atoms with Gasteiger partial charge in [-0.15, -0.1) is 0 Å². The standard InChI is InChI=1S/C6H12N2O2.C6H14N2/c7-5(9)3-1-2-4-6(8)10;7-5-2-1-3-6(8)4-5/h1-4H2,(H2,7,9)(H2,8,10);5-6H,1-4,7-8H2. The molecule has 8 N–H and O–H groups in total. The minimum Gasteiger partial charge on any atom is -0.370 e. The van der Waals surface area contributed by atoms with E-state index in [0.29, 0.717) is 37.8 Å². The van der Waals surface area contributed by atoms with Crippen molar-refractivity contribution >= 4 is 11.8 Å². The third-order valence-electron chi connectivity index (χ3n) is 2.85. The van der Waals surface area contributed by atoms with E-state index in [4.69, 9.17) is 22.9 Å². The Kier molecular flexibility index (Phi) is 9.22. The Balaban J connectivity index is 0.000000327. The van der Waals surface area contributed by atoms with E-state index >= 15 is 0 Å². The van der Waals surface area contributed by atoms with Crippen molar-refractivity contribution in [1.82, 2.24) is 0 Å². The summed E-state index contributed by atoms with van der Waals surface area (Å²) in [5.41, 5.74) is 21.0. The number of primary amides is 2. The minimum absolute atomic E-state index is 0.329. The Morgan fingerprint density at radius 3 is 1.50 bits per heavy atom. The summed E-state index contributed by atoms with van der Waals surface area (Å²) < 4.78 is 0. The highest BCUT2D eigenvalue weighted by Crippen LogP contribution is 2.14. The van der Waals surface area contributed by atoms with E-state index in [1.54, 1.807) is 0 Å². The first kappa shape index (κ1) is 16.9. The smallest absolute Gasteiger partial charge is 0.217 e. The first-order valence-electron chi connectivity index (χ1n) is 6.49. The molecule has 6 heteroatoms. The second kappa shape index (κ2) is 9.85. The Hall–Kier alpha value is -1.14. The third-order valence-corrected chi connectivity index (χ3v) is 2.85. The average molecular weight is 258 g/mol. The number of nitrogens with two attached hydrogens (primary N) is 4. The Bertz CT molecular complexity index is 234. The van der Waals surface area contributed by atoms with Gasteiger partial charge < -0.3 is 22.9 Å². The van der Waals surface area contributed by atoms with Crippen LogP contribution in [0, 0.1) is 0 Å². The third kappa shape index (κ3) is 11.3. The van der Waals surface area contributed by atoms with Crippen LogP contribution in [-0.2, 0) is 9.59 Å². The quantitative estimate of drug-likeness (QED) is 0.504. The Labute approximate surface area is 108 Å². The van der Waals surface area contributed by atoms with Gasteiger partial charge in [0.15, 0.2) is 0 Å².